The predicted molar refractivity (Wildman–Crippen MR) is 64.8 cm³/mol. The van der Waals surface area contributed by atoms with Gasteiger partial charge in [0, 0.05) is 18.1 Å². The Bertz CT molecular complexity index is 229. The van der Waals surface area contributed by atoms with Gasteiger partial charge in [-0.25, -0.2) is 0 Å². The molecule has 0 radical (unpaired) electrons. The van der Waals surface area contributed by atoms with Crippen molar-refractivity contribution in [1.29, 1.82) is 0 Å². The maximum absolute atomic E-state index is 6.06. The van der Waals surface area contributed by atoms with E-state index in [1.165, 1.54) is 38.5 Å². The number of likely N-dealkylation sites (N-methyl/N-ethyl adjacent to an activating group) is 1. The molecule has 2 nitrogen and oxygen atoms in total. The van der Waals surface area contributed by atoms with Crippen LogP contribution >= 0.6 is 0 Å². The van der Waals surface area contributed by atoms with Gasteiger partial charge < -0.3 is 5.73 Å². The van der Waals surface area contributed by atoms with Crippen LogP contribution in [-0.4, -0.2) is 30.1 Å². The molecule has 2 heteroatoms. The van der Waals surface area contributed by atoms with Crippen LogP contribution in [0.4, 0.5) is 0 Å². The molecule has 2 saturated carbocycles. The number of nitrogens with two attached hydrogens (primary N) is 1. The number of hydrogen-bond donors (Lipinski definition) is 1. The summed E-state index contributed by atoms with van der Waals surface area (Å²) in [4.78, 5) is 2.60. The zero-order chi connectivity index (χ0) is 11.1. The van der Waals surface area contributed by atoms with Gasteiger partial charge in [-0.1, -0.05) is 19.8 Å². The van der Waals surface area contributed by atoms with Crippen LogP contribution in [0.1, 0.15) is 52.4 Å². The van der Waals surface area contributed by atoms with Crippen molar-refractivity contribution >= 4 is 0 Å². The third-order valence-corrected chi connectivity index (χ3v) is 5.35. The van der Waals surface area contributed by atoms with E-state index in [9.17, 15) is 0 Å². The molecule has 2 aliphatic rings. The van der Waals surface area contributed by atoms with E-state index in [0.29, 0.717) is 5.41 Å². The summed E-state index contributed by atoms with van der Waals surface area (Å²) in [7, 11) is 2.30. The molecular weight excluding hydrogens is 184 g/mol. The lowest BCUT2D eigenvalue weighted by molar-refractivity contribution is 0.0362. The Morgan fingerprint density at radius 3 is 2.27 bits per heavy atom. The van der Waals surface area contributed by atoms with Gasteiger partial charge in [0.05, 0.1) is 0 Å². The SMILES string of the molecule is CN(C1CCCC1)C(C)(CN)C1(C)CC1. The third-order valence-electron chi connectivity index (χ3n) is 5.35. The molecule has 0 amide bonds. The lowest BCUT2D eigenvalue weighted by atomic mass is 9.81. The molecule has 0 spiro atoms. The molecular formula is C13H26N2. The van der Waals surface area contributed by atoms with Crippen molar-refractivity contribution in [2.75, 3.05) is 13.6 Å². The summed E-state index contributed by atoms with van der Waals surface area (Å²) in [5, 5.41) is 0. The van der Waals surface area contributed by atoms with Gasteiger partial charge in [0.2, 0.25) is 0 Å². The van der Waals surface area contributed by atoms with E-state index in [-0.39, 0.29) is 5.54 Å². The van der Waals surface area contributed by atoms with E-state index in [1.54, 1.807) is 0 Å². The van der Waals surface area contributed by atoms with Gasteiger partial charge in [0.25, 0.3) is 0 Å². The summed E-state index contributed by atoms with van der Waals surface area (Å²) < 4.78 is 0. The molecule has 2 rings (SSSR count). The van der Waals surface area contributed by atoms with Gasteiger partial charge in [-0.05, 0) is 45.1 Å². The van der Waals surface area contributed by atoms with E-state index < -0.39 is 0 Å². The average molecular weight is 210 g/mol. The molecule has 0 saturated heterocycles. The smallest absolute Gasteiger partial charge is 0.0356 e. The molecule has 1 unspecified atom stereocenters. The monoisotopic (exact) mass is 210 g/mol. The molecule has 0 aliphatic heterocycles. The summed E-state index contributed by atoms with van der Waals surface area (Å²) >= 11 is 0. The molecule has 0 aromatic rings. The predicted octanol–water partition coefficient (Wildman–Crippen LogP) is 2.38. The molecule has 2 N–H and O–H groups in total. The van der Waals surface area contributed by atoms with E-state index in [4.69, 9.17) is 5.73 Å². The fourth-order valence-corrected chi connectivity index (χ4v) is 3.24. The van der Waals surface area contributed by atoms with Crippen molar-refractivity contribution in [2.45, 2.75) is 64.0 Å². The molecule has 88 valence electrons. The molecule has 2 aliphatic carbocycles. The normalized spacial score (nSPS) is 29.4. The second-order valence-electron chi connectivity index (χ2n) is 6.09. The second-order valence-corrected chi connectivity index (χ2v) is 6.09. The van der Waals surface area contributed by atoms with Crippen molar-refractivity contribution in [2.24, 2.45) is 11.1 Å². The van der Waals surface area contributed by atoms with E-state index in [1.807, 2.05) is 0 Å². The van der Waals surface area contributed by atoms with Crippen molar-refractivity contribution in [3.05, 3.63) is 0 Å². The lowest BCUT2D eigenvalue weighted by Crippen LogP contribution is -2.58. The zero-order valence-electron chi connectivity index (χ0n) is 10.6. The van der Waals surface area contributed by atoms with Crippen LogP contribution in [0.25, 0.3) is 0 Å². The molecule has 2 fully saturated rings. The largest absolute Gasteiger partial charge is 0.329 e. The standard InChI is InChI=1S/C13H26N2/c1-12(8-9-12)13(2,10-14)15(3)11-6-4-5-7-11/h11H,4-10,14H2,1-3H3. The highest BCUT2D eigenvalue weighted by Crippen LogP contribution is 2.56. The first-order valence-electron chi connectivity index (χ1n) is 6.46. The third kappa shape index (κ3) is 1.72. The van der Waals surface area contributed by atoms with Gasteiger partial charge in [-0.2, -0.15) is 0 Å². The van der Waals surface area contributed by atoms with E-state index >= 15 is 0 Å². The Morgan fingerprint density at radius 2 is 1.87 bits per heavy atom. The quantitative estimate of drug-likeness (QED) is 0.772. The van der Waals surface area contributed by atoms with E-state index in [2.05, 4.69) is 25.8 Å². The minimum Gasteiger partial charge on any atom is -0.329 e. The Labute approximate surface area is 94.2 Å². The molecule has 0 bridgehead atoms. The Morgan fingerprint density at radius 1 is 1.33 bits per heavy atom. The molecule has 0 aromatic heterocycles. The molecule has 1 atom stereocenters. The maximum atomic E-state index is 6.06. The summed E-state index contributed by atoms with van der Waals surface area (Å²) in [6.07, 6.45) is 8.29. The van der Waals surface area contributed by atoms with Gasteiger partial charge in [-0.15, -0.1) is 0 Å². The average Bonchev–Trinajstić information content (AvgIpc) is 2.82. The highest BCUT2D eigenvalue weighted by molar-refractivity contribution is 5.10. The van der Waals surface area contributed by atoms with Crippen LogP contribution in [-0.2, 0) is 0 Å². The number of nitrogens with zero attached hydrogens (tertiary/aromatic N) is 1. The molecule has 0 aromatic carbocycles. The zero-order valence-corrected chi connectivity index (χ0v) is 10.6. The minimum absolute atomic E-state index is 0.224. The Kier molecular flexibility index (Phi) is 2.85. The van der Waals surface area contributed by atoms with Crippen LogP contribution in [0.3, 0.4) is 0 Å². The van der Waals surface area contributed by atoms with Crippen LogP contribution in [0, 0.1) is 5.41 Å². The van der Waals surface area contributed by atoms with Gasteiger partial charge in [0.1, 0.15) is 0 Å². The minimum atomic E-state index is 0.224. The molecule has 0 heterocycles. The topological polar surface area (TPSA) is 29.3 Å². The van der Waals surface area contributed by atoms with Gasteiger partial charge >= 0.3 is 0 Å². The van der Waals surface area contributed by atoms with Crippen molar-refractivity contribution in [1.82, 2.24) is 4.90 Å². The van der Waals surface area contributed by atoms with Crippen LogP contribution in [0.2, 0.25) is 0 Å². The highest BCUT2D eigenvalue weighted by Gasteiger charge is 2.55. The first-order chi connectivity index (χ1) is 7.03. The first kappa shape index (κ1) is 11.4. The highest BCUT2D eigenvalue weighted by atomic mass is 15.2. The van der Waals surface area contributed by atoms with Crippen LogP contribution < -0.4 is 5.73 Å². The fourth-order valence-electron chi connectivity index (χ4n) is 3.24. The van der Waals surface area contributed by atoms with Crippen molar-refractivity contribution < 1.29 is 0 Å². The summed E-state index contributed by atoms with van der Waals surface area (Å²) in [6.45, 7) is 5.58. The lowest BCUT2D eigenvalue weighted by Gasteiger charge is -2.46. The summed E-state index contributed by atoms with van der Waals surface area (Å²) in [5.74, 6) is 0. The van der Waals surface area contributed by atoms with E-state index in [0.717, 1.165) is 12.6 Å². The van der Waals surface area contributed by atoms with Crippen molar-refractivity contribution in [3.8, 4) is 0 Å². The van der Waals surface area contributed by atoms with Crippen LogP contribution in [0.15, 0.2) is 0 Å². The summed E-state index contributed by atoms with van der Waals surface area (Å²) in [6, 6.07) is 0.788. The van der Waals surface area contributed by atoms with Gasteiger partial charge in [-0.3, -0.25) is 4.90 Å². The Balaban J connectivity index is 2.10. The second kappa shape index (κ2) is 3.74. The number of rotatable bonds is 4. The fraction of sp³-hybridized carbons (Fsp3) is 1.00. The van der Waals surface area contributed by atoms with Gasteiger partial charge in [0.15, 0.2) is 0 Å². The number of hydrogen-bond acceptors (Lipinski definition) is 2. The maximum Gasteiger partial charge on any atom is 0.0356 e. The summed E-state index contributed by atoms with van der Waals surface area (Å²) in [5.41, 5.74) is 6.77. The van der Waals surface area contributed by atoms with Crippen molar-refractivity contribution in [3.63, 3.8) is 0 Å². The Hall–Kier alpha value is -0.0800. The van der Waals surface area contributed by atoms with Crippen LogP contribution in [0.5, 0.6) is 0 Å². The first-order valence-corrected chi connectivity index (χ1v) is 6.46. The molecule has 15 heavy (non-hydrogen) atoms.